The van der Waals surface area contributed by atoms with Crippen LogP contribution in [-0.4, -0.2) is 15.9 Å². The Balaban J connectivity index is 1.90. The number of benzene rings is 2. The van der Waals surface area contributed by atoms with Gasteiger partial charge in [-0.15, -0.1) is 0 Å². The molecule has 0 fully saturated rings. The highest BCUT2D eigenvalue weighted by atomic mass is 79.9. The van der Waals surface area contributed by atoms with Crippen LogP contribution in [0.4, 0.5) is 5.82 Å². The van der Waals surface area contributed by atoms with E-state index in [0.717, 1.165) is 15.2 Å². The Morgan fingerprint density at radius 3 is 2.65 bits per heavy atom. The SMILES string of the molecule is O=C(Nc1cnccn1)c1ccc2cc(Br)ccc2c1. The first kappa shape index (κ1) is 12.7. The Labute approximate surface area is 124 Å². The number of fused-ring (bicyclic) bond motifs is 1. The highest BCUT2D eigenvalue weighted by Gasteiger charge is 2.07. The van der Waals surface area contributed by atoms with E-state index < -0.39 is 0 Å². The fraction of sp³-hybridized carbons (Fsp3) is 0. The number of nitrogens with zero attached hydrogens (tertiary/aromatic N) is 2. The molecule has 0 aliphatic heterocycles. The number of hydrogen-bond acceptors (Lipinski definition) is 3. The lowest BCUT2D eigenvalue weighted by Crippen LogP contribution is -2.12. The number of amides is 1. The van der Waals surface area contributed by atoms with Crippen LogP contribution in [0.3, 0.4) is 0 Å². The molecule has 3 aromatic rings. The highest BCUT2D eigenvalue weighted by molar-refractivity contribution is 9.10. The lowest BCUT2D eigenvalue weighted by atomic mass is 10.1. The molecule has 98 valence electrons. The molecule has 0 radical (unpaired) electrons. The van der Waals surface area contributed by atoms with Gasteiger partial charge in [0.05, 0.1) is 6.20 Å². The van der Waals surface area contributed by atoms with Crippen LogP contribution in [0.1, 0.15) is 10.4 Å². The maximum Gasteiger partial charge on any atom is 0.256 e. The van der Waals surface area contributed by atoms with Crippen LogP contribution in [0.2, 0.25) is 0 Å². The molecule has 3 rings (SSSR count). The smallest absolute Gasteiger partial charge is 0.256 e. The van der Waals surface area contributed by atoms with Gasteiger partial charge in [0.25, 0.3) is 5.91 Å². The van der Waals surface area contributed by atoms with Gasteiger partial charge in [-0.2, -0.15) is 0 Å². The lowest BCUT2D eigenvalue weighted by molar-refractivity contribution is 0.102. The largest absolute Gasteiger partial charge is 0.305 e. The zero-order valence-electron chi connectivity index (χ0n) is 10.4. The fourth-order valence-electron chi connectivity index (χ4n) is 1.91. The Hall–Kier alpha value is -2.27. The summed E-state index contributed by atoms with van der Waals surface area (Å²) in [6.45, 7) is 0. The zero-order valence-corrected chi connectivity index (χ0v) is 12.0. The minimum Gasteiger partial charge on any atom is -0.305 e. The molecule has 0 aliphatic carbocycles. The molecule has 1 aromatic heterocycles. The molecule has 20 heavy (non-hydrogen) atoms. The quantitative estimate of drug-likeness (QED) is 0.781. The van der Waals surface area contributed by atoms with E-state index in [2.05, 4.69) is 31.2 Å². The molecular weight excluding hydrogens is 318 g/mol. The molecule has 4 nitrogen and oxygen atoms in total. The summed E-state index contributed by atoms with van der Waals surface area (Å²) in [6, 6.07) is 11.5. The van der Waals surface area contributed by atoms with Crippen LogP contribution in [0.25, 0.3) is 10.8 Å². The van der Waals surface area contributed by atoms with Gasteiger partial charge in [0.1, 0.15) is 0 Å². The molecular formula is C15H10BrN3O. The summed E-state index contributed by atoms with van der Waals surface area (Å²) in [5.41, 5.74) is 0.588. The maximum atomic E-state index is 12.1. The van der Waals surface area contributed by atoms with Crippen molar-refractivity contribution in [2.24, 2.45) is 0 Å². The average molecular weight is 328 g/mol. The van der Waals surface area contributed by atoms with Gasteiger partial charge in [0.15, 0.2) is 5.82 Å². The predicted octanol–water partition coefficient (Wildman–Crippen LogP) is 3.64. The predicted molar refractivity (Wildman–Crippen MR) is 81.6 cm³/mol. The number of carbonyl (C=O) groups is 1. The molecule has 5 heteroatoms. The van der Waals surface area contributed by atoms with Crippen LogP contribution < -0.4 is 5.32 Å². The molecule has 0 saturated heterocycles. The van der Waals surface area contributed by atoms with Crippen molar-refractivity contribution in [3.05, 3.63) is 65.0 Å². The minimum absolute atomic E-state index is 0.199. The van der Waals surface area contributed by atoms with Crippen molar-refractivity contribution in [2.45, 2.75) is 0 Å². The van der Waals surface area contributed by atoms with Gasteiger partial charge in [0.2, 0.25) is 0 Å². The van der Waals surface area contributed by atoms with Crippen molar-refractivity contribution < 1.29 is 4.79 Å². The van der Waals surface area contributed by atoms with Crippen molar-refractivity contribution in [3.8, 4) is 0 Å². The van der Waals surface area contributed by atoms with Crippen molar-refractivity contribution in [1.82, 2.24) is 9.97 Å². The third kappa shape index (κ3) is 2.67. The summed E-state index contributed by atoms with van der Waals surface area (Å²) in [5.74, 6) is 0.240. The van der Waals surface area contributed by atoms with Crippen LogP contribution in [0, 0.1) is 0 Å². The van der Waals surface area contributed by atoms with E-state index in [-0.39, 0.29) is 5.91 Å². The monoisotopic (exact) mass is 327 g/mol. The molecule has 0 unspecified atom stereocenters. The van der Waals surface area contributed by atoms with Crippen LogP contribution >= 0.6 is 15.9 Å². The van der Waals surface area contributed by atoms with E-state index in [1.807, 2.05) is 30.3 Å². The van der Waals surface area contributed by atoms with Crippen LogP contribution in [-0.2, 0) is 0 Å². The normalized spacial score (nSPS) is 10.4. The third-order valence-corrected chi connectivity index (χ3v) is 3.36. The summed E-state index contributed by atoms with van der Waals surface area (Å²) in [5, 5.41) is 4.81. The molecule has 0 saturated carbocycles. The Morgan fingerprint density at radius 1 is 1.05 bits per heavy atom. The molecule has 0 atom stereocenters. The first-order valence-electron chi connectivity index (χ1n) is 5.99. The molecule has 0 bridgehead atoms. The maximum absolute atomic E-state index is 12.1. The fourth-order valence-corrected chi connectivity index (χ4v) is 2.29. The first-order valence-corrected chi connectivity index (χ1v) is 6.78. The van der Waals surface area contributed by atoms with E-state index in [4.69, 9.17) is 0 Å². The highest BCUT2D eigenvalue weighted by Crippen LogP contribution is 2.21. The molecule has 1 N–H and O–H groups in total. The van der Waals surface area contributed by atoms with E-state index in [1.54, 1.807) is 12.3 Å². The third-order valence-electron chi connectivity index (χ3n) is 2.87. The van der Waals surface area contributed by atoms with Crippen LogP contribution in [0.5, 0.6) is 0 Å². The Kier molecular flexibility index (Phi) is 3.43. The van der Waals surface area contributed by atoms with Gasteiger partial charge in [-0.1, -0.05) is 28.1 Å². The number of nitrogens with one attached hydrogen (secondary N) is 1. The summed E-state index contributed by atoms with van der Waals surface area (Å²) in [4.78, 5) is 20.1. The topological polar surface area (TPSA) is 54.9 Å². The zero-order chi connectivity index (χ0) is 13.9. The van der Waals surface area contributed by atoms with Gasteiger partial charge in [-0.05, 0) is 35.0 Å². The van der Waals surface area contributed by atoms with Gasteiger partial charge in [-0.25, -0.2) is 4.98 Å². The van der Waals surface area contributed by atoms with Gasteiger partial charge < -0.3 is 5.32 Å². The number of hydrogen-bond donors (Lipinski definition) is 1. The average Bonchev–Trinajstić information content (AvgIpc) is 2.47. The van der Waals surface area contributed by atoms with E-state index in [0.29, 0.717) is 11.4 Å². The Bertz CT molecular complexity index is 774. The lowest BCUT2D eigenvalue weighted by Gasteiger charge is -2.05. The summed E-state index contributed by atoms with van der Waals surface area (Å²) in [7, 11) is 0. The summed E-state index contributed by atoms with van der Waals surface area (Å²) in [6.07, 6.45) is 4.60. The van der Waals surface area contributed by atoms with Gasteiger partial charge >= 0.3 is 0 Å². The minimum atomic E-state index is -0.199. The number of anilines is 1. The van der Waals surface area contributed by atoms with E-state index in [9.17, 15) is 4.79 Å². The Morgan fingerprint density at radius 2 is 1.85 bits per heavy atom. The van der Waals surface area contributed by atoms with Crippen molar-refractivity contribution in [2.75, 3.05) is 5.32 Å². The number of halogens is 1. The number of rotatable bonds is 2. The second-order valence-electron chi connectivity index (χ2n) is 4.25. The number of aromatic nitrogens is 2. The summed E-state index contributed by atoms with van der Waals surface area (Å²) >= 11 is 3.43. The molecule has 0 aliphatic rings. The van der Waals surface area contributed by atoms with Crippen molar-refractivity contribution in [3.63, 3.8) is 0 Å². The summed E-state index contributed by atoms with van der Waals surface area (Å²) < 4.78 is 1.02. The molecule has 0 spiro atoms. The van der Waals surface area contributed by atoms with Gasteiger partial charge in [-0.3, -0.25) is 9.78 Å². The van der Waals surface area contributed by atoms with Crippen LogP contribution in [0.15, 0.2) is 59.5 Å². The van der Waals surface area contributed by atoms with Crippen molar-refractivity contribution in [1.29, 1.82) is 0 Å². The molecule has 1 amide bonds. The standard InChI is InChI=1S/C15H10BrN3O/c16-13-4-3-10-7-12(2-1-11(10)8-13)15(20)19-14-9-17-5-6-18-14/h1-9H,(H,18,19,20). The molecule has 2 aromatic carbocycles. The second kappa shape index (κ2) is 5.38. The van der Waals surface area contributed by atoms with E-state index >= 15 is 0 Å². The number of carbonyl (C=O) groups excluding carboxylic acids is 1. The first-order chi connectivity index (χ1) is 9.72. The van der Waals surface area contributed by atoms with Crippen molar-refractivity contribution >= 4 is 38.4 Å². The van der Waals surface area contributed by atoms with E-state index in [1.165, 1.54) is 12.4 Å². The second-order valence-corrected chi connectivity index (χ2v) is 5.17. The van der Waals surface area contributed by atoms with Gasteiger partial charge in [0, 0.05) is 22.4 Å². The molecule has 1 heterocycles.